The summed E-state index contributed by atoms with van der Waals surface area (Å²) >= 11 is 0. The zero-order chi connectivity index (χ0) is 13.2. The molecule has 2 aliphatic heterocycles. The van der Waals surface area contributed by atoms with Gasteiger partial charge in [0.05, 0.1) is 0 Å². The van der Waals surface area contributed by atoms with Crippen LogP contribution in [0.25, 0.3) is 0 Å². The molecule has 0 aromatic heterocycles. The van der Waals surface area contributed by atoms with Crippen molar-refractivity contribution in [2.24, 2.45) is 5.92 Å². The van der Waals surface area contributed by atoms with Crippen LogP contribution in [0.1, 0.15) is 19.8 Å². The molecule has 5 nitrogen and oxygen atoms in total. The maximum atomic E-state index is 12.2. The van der Waals surface area contributed by atoms with E-state index in [9.17, 15) is 4.79 Å². The van der Waals surface area contributed by atoms with Gasteiger partial charge in [0, 0.05) is 23.7 Å². The highest BCUT2D eigenvalue weighted by Gasteiger charge is 2.25. The number of hydrogen-bond donors (Lipinski definition) is 2. The molecule has 2 heterocycles. The lowest BCUT2D eigenvalue weighted by atomic mass is 9.92. The quantitative estimate of drug-likeness (QED) is 0.852. The van der Waals surface area contributed by atoms with Gasteiger partial charge in [0.25, 0.3) is 0 Å². The average molecular weight is 262 g/mol. The van der Waals surface area contributed by atoms with E-state index in [-0.39, 0.29) is 18.6 Å². The second-order valence-corrected chi connectivity index (χ2v) is 5.13. The summed E-state index contributed by atoms with van der Waals surface area (Å²) in [5.74, 6) is 1.60. The Bertz CT molecular complexity index is 490. The zero-order valence-electron chi connectivity index (χ0n) is 10.9. The number of carbonyl (C=O) groups excluding carboxylic acids is 1. The Balaban J connectivity index is 1.66. The Morgan fingerprint density at radius 1 is 1.37 bits per heavy atom. The van der Waals surface area contributed by atoms with Gasteiger partial charge in [-0.05, 0) is 38.4 Å². The molecule has 1 amide bonds. The number of piperidine rings is 1. The number of amides is 1. The summed E-state index contributed by atoms with van der Waals surface area (Å²) in [5, 5.41) is 6.31. The maximum absolute atomic E-state index is 12.2. The number of ether oxygens (including phenoxy) is 2. The summed E-state index contributed by atoms with van der Waals surface area (Å²) in [6.07, 6.45) is 1.77. The normalized spacial score (nSPS) is 25.1. The van der Waals surface area contributed by atoms with Crippen molar-refractivity contribution in [2.75, 3.05) is 18.7 Å². The van der Waals surface area contributed by atoms with Gasteiger partial charge in [0.2, 0.25) is 12.7 Å². The molecule has 2 aliphatic rings. The number of anilines is 1. The molecule has 1 saturated heterocycles. The maximum Gasteiger partial charge on any atom is 0.231 e. The van der Waals surface area contributed by atoms with Gasteiger partial charge in [0.15, 0.2) is 11.5 Å². The molecule has 0 saturated carbocycles. The van der Waals surface area contributed by atoms with Crippen LogP contribution in [0, 0.1) is 5.92 Å². The molecule has 19 heavy (non-hydrogen) atoms. The Labute approximate surface area is 112 Å². The van der Waals surface area contributed by atoms with Crippen LogP contribution in [0.4, 0.5) is 5.69 Å². The first-order chi connectivity index (χ1) is 9.22. The highest BCUT2D eigenvalue weighted by Crippen LogP contribution is 2.34. The molecule has 0 bridgehead atoms. The molecule has 1 aromatic rings. The Kier molecular flexibility index (Phi) is 3.29. The highest BCUT2D eigenvalue weighted by atomic mass is 16.7. The van der Waals surface area contributed by atoms with Crippen LogP contribution < -0.4 is 20.1 Å². The predicted molar refractivity (Wildman–Crippen MR) is 71.4 cm³/mol. The Hall–Kier alpha value is -1.75. The first kappa shape index (κ1) is 12.3. The number of nitrogens with one attached hydrogen (secondary N) is 2. The van der Waals surface area contributed by atoms with Crippen molar-refractivity contribution >= 4 is 11.6 Å². The topological polar surface area (TPSA) is 59.6 Å². The summed E-state index contributed by atoms with van der Waals surface area (Å²) in [6.45, 7) is 3.26. The minimum atomic E-state index is 0.0849. The number of rotatable bonds is 2. The number of carbonyl (C=O) groups is 1. The fourth-order valence-corrected chi connectivity index (χ4v) is 2.59. The lowest BCUT2D eigenvalue weighted by Crippen LogP contribution is -2.40. The van der Waals surface area contributed by atoms with Crippen molar-refractivity contribution in [3.63, 3.8) is 0 Å². The van der Waals surface area contributed by atoms with E-state index in [1.807, 2.05) is 18.2 Å². The molecule has 2 atom stereocenters. The summed E-state index contributed by atoms with van der Waals surface area (Å²) in [6, 6.07) is 5.88. The molecule has 2 N–H and O–H groups in total. The van der Waals surface area contributed by atoms with Crippen molar-refractivity contribution in [1.29, 1.82) is 0 Å². The first-order valence-electron chi connectivity index (χ1n) is 6.66. The van der Waals surface area contributed by atoms with Crippen LogP contribution in [-0.4, -0.2) is 25.3 Å². The van der Waals surface area contributed by atoms with Crippen LogP contribution in [0.3, 0.4) is 0 Å². The van der Waals surface area contributed by atoms with Crippen molar-refractivity contribution < 1.29 is 14.3 Å². The third kappa shape index (κ3) is 2.66. The third-order valence-electron chi connectivity index (χ3n) is 3.63. The third-order valence-corrected chi connectivity index (χ3v) is 3.63. The van der Waals surface area contributed by atoms with Gasteiger partial charge in [0.1, 0.15) is 0 Å². The smallest absolute Gasteiger partial charge is 0.231 e. The van der Waals surface area contributed by atoms with Gasteiger partial charge in [-0.1, -0.05) is 0 Å². The molecule has 102 valence electrons. The van der Waals surface area contributed by atoms with Crippen LogP contribution >= 0.6 is 0 Å². The van der Waals surface area contributed by atoms with Crippen molar-refractivity contribution in [1.82, 2.24) is 5.32 Å². The first-order valence-corrected chi connectivity index (χ1v) is 6.66. The van der Waals surface area contributed by atoms with E-state index in [2.05, 4.69) is 17.6 Å². The average Bonchev–Trinajstić information content (AvgIpc) is 2.86. The molecule has 1 fully saturated rings. The molecule has 3 rings (SSSR count). The van der Waals surface area contributed by atoms with E-state index in [4.69, 9.17) is 9.47 Å². The van der Waals surface area contributed by atoms with Crippen molar-refractivity contribution in [2.45, 2.75) is 25.8 Å². The lowest BCUT2D eigenvalue weighted by Gasteiger charge is -2.27. The fraction of sp³-hybridized carbons (Fsp3) is 0.500. The van der Waals surface area contributed by atoms with E-state index < -0.39 is 0 Å². The van der Waals surface area contributed by atoms with Crippen LogP contribution in [0.15, 0.2) is 18.2 Å². The van der Waals surface area contributed by atoms with Gasteiger partial charge in [-0.15, -0.1) is 0 Å². The molecule has 1 aromatic carbocycles. The van der Waals surface area contributed by atoms with Crippen LogP contribution in [-0.2, 0) is 4.79 Å². The van der Waals surface area contributed by atoms with E-state index in [1.54, 1.807) is 0 Å². The van der Waals surface area contributed by atoms with Gasteiger partial charge >= 0.3 is 0 Å². The van der Waals surface area contributed by atoms with E-state index >= 15 is 0 Å². The summed E-state index contributed by atoms with van der Waals surface area (Å²) < 4.78 is 10.5. The minimum Gasteiger partial charge on any atom is -0.454 e. The van der Waals surface area contributed by atoms with E-state index in [0.29, 0.717) is 11.8 Å². The summed E-state index contributed by atoms with van der Waals surface area (Å²) in [7, 11) is 0. The van der Waals surface area contributed by atoms with Gasteiger partial charge in [-0.2, -0.15) is 0 Å². The van der Waals surface area contributed by atoms with Crippen molar-refractivity contribution in [3.05, 3.63) is 18.2 Å². The van der Waals surface area contributed by atoms with Gasteiger partial charge in [-0.25, -0.2) is 0 Å². The van der Waals surface area contributed by atoms with E-state index in [0.717, 1.165) is 30.8 Å². The summed E-state index contributed by atoms with van der Waals surface area (Å²) in [5.41, 5.74) is 0.764. The lowest BCUT2D eigenvalue weighted by molar-refractivity contribution is -0.120. The molecular weight excluding hydrogens is 244 g/mol. The standard InChI is InChI=1S/C14H18N2O3/c1-9-6-10(4-5-15-9)14(17)16-11-2-3-12-13(7-11)19-8-18-12/h2-3,7,9-10,15H,4-6,8H2,1H3,(H,16,17). The van der Waals surface area contributed by atoms with E-state index in [1.165, 1.54) is 0 Å². The molecule has 0 aliphatic carbocycles. The Morgan fingerprint density at radius 3 is 3.05 bits per heavy atom. The van der Waals surface area contributed by atoms with Gasteiger partial charge in [-0.3, -0.25) is 4.79 Å². The molecular formula is C14H18N2O3. The monoisotopic (exact) mass is 262 g/mol. The van der Waals surface area contributed by atoms with Gasteiger partial charge < -0.3 is 20.1 Å². The summed E-state index contributed by atoms with van der Waals surface area (Å²) in [4.78, 5) is 12.2. The van der Waals surface area contributed by atoms with Crippen molar-refractivity contribution in [3.8, 4) is 11.5 Å². The number of hydrogen-bond acceptors (Lipinski definition) is 4. The zero-order valence-corrected chi connectivity index (χ0v) is 10.9. The number of benzene rings is 1. The molecule has 0 radical (unpaired) electrons. The van der Waals surface area contributed by atoms with Crippen LogP contribution in [0.5, 0.6) is 11.5 Å². The number of fused-ring (bicyclic) bond motifs is 1. The second-order valence-electron chi connectivity index (χ2n) is 5.13. The Morgan fingerprint density at radius 2 is 2.21 bits per heavy atom. The molecule has 5 heteroatoms. The minimum absolute atomic E-state index is 0.0849. The fourth-order valence-electron chi connectivity index (χ4n) is 2.59. The second kappa shape index (κ2) is 5.09. The predicted octanol–water partition coefficient (Wildman–Crippen LogP) is 1.74. The molecule has 0 spiro atoms. The largest absolute Gasteiger partial charge is 0.454 e. The SMILES string of the molecule is CC1CC(C(=O)Nc2ccc3c(c2)OCO3)CCN1. The van der Waals surface area contributed by atoms with Crippen LogP contribution in [0.2, 0.25) is 0 Å². The highest BCUT2D eigenvalue weighted by molar-refractivity contribution is 5.93. The molecule has 2 unspecified atom stereocenters.